The number of ether oxygens (including phenoxy) is 2. The lowest BCUT2D eigenvalue weighted by molar-refractivity contribution is 0.304. The fourth-order valence-corrected chi connectivity index (χ4v) is 2.30. The van der Waals surface area contributed by atoms with E-state index in [-0.39, 0.29) is 0 Å². The van der Waals surface area contributed by atoms with E-state index in [4.69, 9.17) is 9.47 Å². The summed E-state index contributed by atoms with van der Waals surface area (Å²) in [6, 6.07) is 17.6. The first-order valence-corrected chi connectivity index (χ1v) is 8.34. The normalized spacial score (nSPS) is 10.4. The van der Waals surface area contributed by atoms with Gasteiger partial charge in [-0.1, -0.05) is 57.2 Å². The minimum atomic E-state index is 0.797. The van der Waals surface area contributed by atoms with Crippen LogP contribution in [-0.4, -0.2) is 6.61 Å². The SMILES string of the molecule is CCCCCCCCOc1ccc(Oc2ccccc2)cc1. The predicted octanol–water partition coefficient (Wildman–Crippen LogP) is 6.22. The molecule has 0 saturated carbocycles. The Kier molecular flexibility index (Phi) is 7.37. The van der Waals surface area contributed by atoms with Crippen molar-refractivity contribution in [1.82, 2.24) is 0 Å². The monoisotopic (exact) mass is 298 g/mol. The molecule has 0 bridgehead atoms. The fraction of sp³-hybridized carbons (Fsp3) is 0.400. The topological polar surface area (TPSA) is 18.5 Å². The fourth-order valence-electron chi connectivity index (χ4n) is 2.30. The van der Waals surface area contributed by atoms with E-state index in [0.29, 0.717) is 0 Å². The van der Waals surface area contributed by atoms with Gasteiger partial charge in [0.1, 0.15) is 17.2 Å². The van der Waals surface area contributed by atoms with E-state index < -0.39 is 0 Å². The first-order valence-electron chi connectivity index (χ1n) is 8.34. The van der Waals surface area contributed by atoms with E-state index in [9.17, 15) is 0 Å². The Morgan fingerprint density at radius 2 is 1.23 bits per heavy atom. The largest absolute Gasteiger partial charge is 0.494 e. The van der Waals surface area contributed by atoms with E-state index in [0.717, 1.165) is 30.3 Å². The van der Waals surface area contributed by atoms with Gasteiger partial charge < -0.3 is 9.47 Å². The van der Waals surface area contributed by atoms with Crippen LogP contribution >= 0.6 is 0 Å². The molecule has 0 amide bonds. The van der Waals surface area contributed by atoms with Gasteiger partial charge in [-0.15, -0.1) is 0 Å². The van der Waals surface area contributed by atoms with Gasteiger partial charge in [-0.2, -0.15) is 0 Å². The highest BCUT2D eigenvalue weighted by atomic mass is 16.5. The van der Waals surface area contributed by atoms with Gasteiger partial charge in [-0.05, 0) is 42.8 Å². The van der Waals surface area contributed by atoms with Crippen molar-refractivity contribution in [1.29, 1.82) is 0 Å². The first-order chi connectivity index (χ1) is 10.9. The highest BCUT2D eigenvalue weighted by Crippen LogP contribution is 2.23. The van der Waals surface area contributed by atoms with Crippen molar-refractivity contribution in [3.8, 4) is 17.2 Å². The van der Waals surface area contributed by atoms with Crippen LogP contribution in [0.5, 0.6) is 17.2 Å². The lowest BCUT2D eigenvalue weighted by atomic mass is 10.1. The van der Waals surface area contributed by atoms with Crippen molar-refractivity contribution in [2.75, 3.05) is 6.61 Å². The van der Waals surface area contributed by atoms with Gasteiger partial charge >= 0.3 is 0 Å². The van der Waals surface area contributed by atoms with Crippen molar-refractivity contribution in [2.24, 2.45) is 0 Å². The molecule has 0 aliphatic rings. The molecule has 22 heavy (non-hydrogen) atoms. The number of hydrogen-bond acceptors (Lipinski definition) is 2. The molecular weight excluding hydrogens is 272 g/mol. The zero-order valence-electron chi connectivity index (χ0n) is 13.5. The van der Waals surface area contributed by atoms with E-state index in [1.807, 2.05) is 54.6 Å². The van der Waals surface area contributed by atoms with Crippen molar-refractivity contribution in [3.05, 3.63) is 54.6 Å². The summed E-state index contributed by atoms with van der Waals surface area (Å²) in [5.74, 6) is 2.59. The second kappa shape index (κ2) is 9.88. The van der Waals surface area contributed by atoms with Crippen LogP contribution in [0.3, 0.4) is 0 Å². The van der Waals surface area contributed by atoms with Gasteiger partial charge in [0.05, 0.1) is 6.61 Å². The van der Waals surface area contributed by atoms with E-state index in [1.54, 1.807) is 0 Å². The maximum absolute atomic E-state index is 5.76. The van der Waals surface area contributed by atoms with Crippen LogP contribution in [0.1, 0.15) is 45.4 Å². The molecule has 2 nitrogen and oxygen atoms in total. The van der Waals surface area contributed by atoms with Crippen molar-refractivity contribution in [3.63, 3.8) is 0 Å². The number of hydrogen-bond donors (Lipinski definition) is 0. The molecule has 2 aromatic carbocycles. The third kappa shape index (κ3) is 6.21. The van der Waals surface area contributed by atoms with Gasteiger partial charge in [0.2, 0.25) is 0 Å². The second-order valence-electron chi connectivity index (χ2n) is 5.50. The minimum absolute atomic E-state index is 0.797. The quantitative estimate of drug-likeness (QED) is 0.485. The van der Waals surface area contributed by atoms with Crippen LogP contribution in [0.25, 0.3) is 0 Å². The smallest absolute Gasteiger partial charge is 0.127 e. The maximum Gasteiger partial charge on any atom is 0.127 e. The Labute approximate surface area is 134 Å². The highest BCUT2D eigenvalue weighted by Gasteiger charge is 1.98. The van der Waals surface area contributed by atoms with Crippen LogP contribution in [0, 0.1) is 0 Å². The van der Waals surface area contributed by atoms with Crippen LogP contribution in [0.15, 0.2) is 54.6 Å². The maximum atomic E-state index is 5.76. The molecule has 2 heteroatoms. The number of rotatable bonds is 10. The molecule has 0 heterocycles. The Morgan fingerprint density at radius 1 is 0.636 bits per heavy atom. The van der Waals surface area contributed by atoms with Crippen LogP contribution < -0.4 is 9.47 Å². The Morgan fingerprint density at radius 3 is 1.95 bits per heavy atom. The zero-order chi connectivity index (χ0) is 15.5. The van der Waals surface area contributed by atoms with E-state index >= 15 is 0 Å². The number of unbranched alkanes of at least 4 members (excludes halogenated alkanes) is 5. The molecule has 0 aliphatic carbocycles. The standard InChI is InChI=1S/C20H26O2/c1-2-3-4-5-6-10-17-21-18-13-15-20(16-14-18)22-19-11-8-7-9-12-19/h7-9,11-16H,2-6,10,17H2,1H3. The summed E-state index contributed by atoms with van der Waals surface area (Å²) in [4.78, 5) is 0. The summed E-state index contributed by atoms with van der Waals surface area (Å²) in [5, 5.41) is 0. The van der Waals surface area contributed by atoms with E-state index in [2.05, 4.69) is 6.92 Å². The van der Waals surface area contributed by atoms with Gasteiger partial charge in [0, 0.05) is 0 Å². The average molecular weight is 298 g/mol. The van der Waals surface area contributed by atoms with Gasteiger partial charge in [0.15, 0.2) is 0 Å². The molecule has 0 fully saturated rings. The summed E-state index contributed by atoms with van der Waals surface area (Å²) in [5.41, 5.74) is 0. The average Bonchev–Trinajstić information content (AvgIpc) is 2.56. The molecule has 118 valence electrons. The number of benzene rings is 2. The molecule has 0 aromatic heterocycles. The van der Waals surface area contributed by atoms with Crippen LogP contribution in [-0.2, 0) is 0 Å². The Hall–Kier alpha value is -1.96. The highest BCUT2D eigenvalue weighted by molar-refractivity contribution is 5.35. The van der Waals surface area contributed by atoms with Crippen molar-refractivity contribution in [2.45, 2.75) is 45.4 Å². The molecule has 0 aliphatic heterocycles. The molecule has 2 aromatic rings. The Balaban J connectivity index is 1.66. The Bertz CT molecular complexity index is 505. The lowest BCUT2D eigenvalue weighted by Crippen LogP contribution is -1.97. The van der Waals surface area contributed by atoms with Gasteiger partial charge in [0.25, 0.3) is 0 Å². The predicted molar refractivity (Wildman–Crippen MR) is 91.8 cm³/mol. The lowest BCUT2D eigenvalue weighted by Gasteiger charge is -2.08. The third-order valence-electron chi connectivity index (χ3n) is 3.57. The summed E-state index contributed by atoms with van der Waals surface area (Å²) in [6.07, 6.45) is 7.71. The van der Waals surface area contributed by atoms with Crippen molar-refractivity contribution < 1.29 is 9.47 Å². The van der Waals surface area contributed by atoms with E-state index in [1.165, 1.54) is 32.1 Å². The number of para-hydroxylation sites is 1. The molecule has 0 spiro atoms. The summed E-state index contributed by atoms with van der Waals surface area (Å²) < 4.78 is 11.5. The molecule has 0 saturated heterocycles. The van der Waals surface area contributed by atoms with Gasteiger partial charge in [-0.25, -0.2) is 0 Å². The minimum Gasteiger partial charge on any atom is -0.494 e. The van der Waals surface area contributed by atoms with Crippen LogP contribution in [0.4, 0.5) is 0 Å². The third-order valence-corrected chi connectivity index (χ3v) is 3.57. The molecule has 0 atom stereocenters. The van der Waals surface area contributed by atoms with Crippen LogP contribution in [0.2, 0.25) is 0 Å². The molecule has 0 N–H and O–H groups in total. The first kappa shape index (κ1) is 16.4. The second-order valence-corrected chi connectivity index (χ2v) is 5.50. The summed E-state index contributed by atoms with van der Waals surface area (Å²) >= 11 is 0. The molecular formula is C20H26O2. The summed E-state index contributed by atoms with van der Waals surface area (Å²) in [6.45, 7) is 3.04. The molecule has 0 unspecified atom stereocenters. The van der Waals surface area contributed by atoms with Gasteiger partial charge in [-0.3, -0.25) is 0 Å². The summed E-state index contributed by atoms with van der Waals surface area (Å²) in [7, 11) is 0. The molecule has 2 rings (SSSR count). The molecule has 0 radical (unpaired) electrons. The van der Waals surface area contributed by atoms with Crippen molar-refractivity contribution >= 4 is 0 Å². The zero-order valence-corrected chi connectivity index (χ0v) is 13.5.